The van der Waals surface area contributed by atoms with Crippen LogP contribution in [0.1, 0.15) is 36.6 Å². The molecule has 0 spiro atoms. The standard InChI is InChI=1S/C10H13BrClNO2S/c11-6-5-8(16-10(6)12)7(13)3-1-2-4-9(14)15/h5,7H,1-4,13H2,(H,14,15). The fourth-order valence-electron chi connectivity index (χ4n) is 1.33. The van der Waals surface area contributed by atoms with Crippen molar-refractivity contribution in [2.75, 3.05) is 0 Å². The molecule has 1 rings (SSSR count). The Kier molecular flexibility index (Phi) is 5.75. The Hall–Kier alpha value is -0.100. The molecule has 1 unspecified atom stereocenters. The van der Waals surface area contributed by atoms with Crippen LogP contribution in [-0.2, 0) is 4.79 Å². The number of halogens is 2. The molecule has 1 aromatic rings. The molecule has 1 aromatic heterocycles. The number of thiophene rings is 1. The molecule has 0 fully saturated rings. The van der Waals surface area contributed by atoms with Gasteiger partial charge in [0.1, 0.15) is 4.34 Å². The monoisotopic (exact) mass is 325 g/mol. The number of unbranched alkanes of at least 4 members (excludes halogenated alkanes) is 1. The van der Waals surface area contributed by atoms with Crippen LogP contribution in [0.2, 0.25) is 4.34 Å². The summed E-state index contributed by atoms with van der Waals surface area (Å²) in [6, 6.07) is 1.87. The van der Waals surface area contributed by atoms with Gasteiger partial charge in [-0.1, -0.05) is 18.0 Å². The Balaban J connectivity index is 2.35. The molecular formula is C10H13BrClNO2S. The normalized spacial score (nSPS) is 12.7. The summed E-state index contributed by atoms with van der Waals surface area (Å²) in [4.78, 5) is 11.3. The number of carbonyl (C=O) groups is 1. The van der Waals surface area contributed by atoms with Gasteiger partial charge in [-0.05, 0) is 34.8 Å². The number of nitrogens with two attached hydrogens (primary N) is 1. The van der Waals surface area contributed by atoms with Gasteiger partial charge in [-0.15, -0.1) is 11.3 Å². The van der Waals surface area contributed by atoms with Gasteiger partial charge in [0.25, 0.3) is 0 Å². The Bertz CT molecular complexity index is 350. The van der Waals surface area contributed by atoms with Crippen molar-refractivity contribution in [1.29, 1.82) is 0 Å². The zero-order chi connectivity index (χ0) is 12.1. The van der Waals surface area contributed by atoms with Gasteiger partial charge in [0.05, 0.1) is 0 Å². The molecule has 1 atom stereocenters. The average Bonchev–Trinajstić information content (AvgIpc) is 2.54. The summed E-state index contributed by atoms with van der Waals surface area (Å²) in [6.45, 7) is 0. The van der Waals surface area contributed by atoms with Crippen molar-refractivity contribution in [3.63, 3.8) is 0 Å². The number of hydrogen-bond donors (Lipinski definition) is 2. The summed E-state index contributed by atoms with van der Waals surface area (Å²) >= 11 is 10.7. The highest BCUT2D eigenvalue weighted by Gasteiger charge is 2.11. The number of carboxylic acid groups (broad SMARTS) is 1. The summed E-state index contributed by atoms with van der Waals surface area (Å²) in [5, 5.41) is 8.48. The molecule has 3 N–H and O–H groups in total. The third-order valence-corrected chi connectivity index (χ3v) is 4.79. The van der Waals surface area contributed by atoms with Gasteiger partial charge in [0.2, 0.25) is 0 Å². The molecule has 0 bridgehead atoms. The van der Waals surface area contributed by atoms with Crippen molar-refractivity contribution in [2.24, 2.45) is 5.73 Å². The fourth-order valence-corrected chi connectivity index (χ4v) is 3.10. The molecule has 0 amide bonds. The SMILES string of the molecule is NC(CCCCC(=O)O)c1cc(Br)c(Cl)s1. The number of carboxylic acids is 1. The van der Waals surface area contributed by atoms with Gasteiger partial charge in [0.15, 0.2) is 0 Å². The molecule has 16 heavy (non-hydrogen) atoms. The lowest BCUT2D eigenvalue weighted by molar-refractivity contribution is -0.137. The Morgan fingerprint density at radius 1 is 1.62 bits per heavy atom. The maximum Gasteiger partial charge on any atom is 0.303 e. The first-order chi connectivity index (χ1) is 7.50. The lowest BCUT2D eigenvalue weighted by Crippen LogP contribution is -2.08. The van der Waals surface area contributed by atoms with Gasteiger partial charge in [-0.3, -0.25) is 4.79 Å². The van der Waals surface area contributed by atoms with Crippen LogP contribution in [-0.4, -0.2) is 11.1 Å². The summed E-state index contributed by atoms with van der Waals surface area (Å²) in [5.74, 6) is -0.754. The molecular weight excluding hydrogens is 314 g/mol. The number of aliphatic carboxylic acids is 1. The lowest BCUT2D eigenvalue weighted by atomic mass is 10.1. The van der Waals surface area contributed by atoms with Crippen LogP contribution in [0.3, 0.4) is 0 Å². The lowest BCUT2D eigenvalue weighted by Gasteiger charge is -2.08. The Morgan fingerprint density at radius 2 is 2.31 bits per heavy atom. The van der Waals surface area contributed by atoms with Gasteiger partial charge < -0.3 is 10.8 Å². The maximum absolute atomic E-state index is 10.3. The van der Waals surface area contributed by atoms with Crippen molar-refractivity contribution in [3.8, 4) is 0 Å². The van der Waals surface area contributed by atoms with Crippen molar-refractivity contribution < 1.29 is 9.90 Å². The summed E-state index contributed by atoms with van der Waals surface area (Å²) in [6.07, 6.45) is 2.49. The van der Waals surface area contributed by atoms with Gasteiger partial charge in [-0.25, -0.2) is 0 Å². The molecule has 0 aliphatic rings. The highest BCUT2D eigenvalue weighted by atomic mass is 79.9. The zero-order valence-corrected chi connectivity index (χ0v) is 11.7. The topological polar surface area (TPSA) is 63.3 Å². The van der Waals surface area contributed by atoms with E-state index in [2.05, 4.69) is 15.9 Å². The van der Waals surface area contributed by atoms with E-state index in [0.29, 0.717) is 10.8 Å². The minimum absolute atomic E-state index is 0.0532. The average molecular weight is 327 g/mol. The molecule has 0 saturated heterocycles. The predicted octanol–water partition coefficient (Wildman–Crippen LogP) is 3.81. The van der Waals surface area contributed by atoms with E-state index in [1.807, 2.05) is 6.07 Å². The van der Waals surface area contributed by atoms with E-state index in [1.165, 1.54) is 11.3 Å². The van der Waals surface area contributed by atoms with Crippen molar-refractivity contribution >= 4 is 44.8 Å². The van der Waals surface area contributed by atoms with Crippen LogP contribution in [0, 0.1) is 0 Å². The molecule has 0 aliphatic carbocycles. The van der Waals surface area contributed by atoms with Crippen LogP contribution in [0.25, 0.3) is 0 Å². The molecule has 6 heteroatoms. The van der Waals surface area contributed by atoms with E-state index in [9.17, 15) is 4.79 Å². The second kappa shape index (κ2) is 6.59. The van der Waals surface area contributed by atoms with E-state index in [4.69, 9.17) is 22.4 Å². The second-order valence-electron chi connectivity index (χ2n) is 3.52. The number of rotatable bonds is 6. The fraction of sp³-hybridized carbons (Fsp3) is 0.500. The largest absolute Gasteiger partial charge is 0.481 e. The van der Waals surface area contributed by atoms with Gasteiger partial charge in [-0.2, -0.15) is 0 Å². The highest BCUT2D eigenvalue weighted by Crippen LogP contribution is 2.35. The summed E-state index contributed by atoms with van der Waals surface area (Å²) in [5.41, 5.74) is 5.98. The van der Waals surface area contributed by atoms with E-state index in [-0.39, 0.29) is 12.5 Å². The smallest absolute Gasteiger partial charge is 0.303 e. The highest BCUT2D eigenvalue weighted by molar-refractivity contribution is 9.10. The van der Waals surface area contributed by atoms with Crippen LogP contribution in [0.5, 0.6) is 0 Å². The third kappa shape index (κ3) is 4.41. The second-order valence-corrected chi connectivity index (χ2v) is 6.06. The van der Waals surface area contributed by atoms with Crippen molar-refractivity contribution in [2.45, 2.75) is 31.7 Å². The first kappa shape index (κ1) is 14.0. The van der Waals surface area contributed by atoms with Crippen LogP contribution in [0.4, 0.5) is 0 Å². The Labute approximate surface area is 112 Å². The van der Waals surface area contributed by atoms with Crippen LogP contribution >= 0.6 is 38.9 Å². The van der Waals surface area contributed by atoms with Crippen LogP contribution < -0.4 is 5.73 Å². The number of hydrogen-bond acceptors (Lipinski definition) is 3. The molecule has 1 heterocycles. The van der Waals surface area contributed by atoms with Gasteiger partial charge >= 0.3 is 5.97 Å². The third-order valence-electron chi connectivity index (χ3n) is 2.19. The minimum atomic E-state index is -0.754. The van der Waals surface area contributed by atoms with E-state index in [1.54, 1.807) is 0 Å². The first-order valence-electron chi connectivity index (χ1n) is 4.93. The first-order valence-corrected chi connectivity index (χ1v) is 6.91. The minimum Gasteiger partial charge on any atom is -0.481 e. The van der Waals surface area contributed by atoms with E-state index >= 15 is 0 Å². The molecule has 0 radical (unpaired) electrons. The zero-order valence-electron chi connectivity index (χ0n) is 8.58. The van der Waals surface area contributed by atoms with E-state index < -0.39 is 5.97 Å². The van der Waals surface area contributed by atoms with Crippen LogP contribution in [0.15, 0.2) is 10.5 Å². The summed E-state index contributed by atoms with van der Waals surface area (Å²) < 4.78 is 1.58. The van der Waals surface area contributed by atoms with Crippen molar-refractivity contribution in [1.82, 2.24) is 0 Å². The molecule has 90 valence electrons. The van der Waals surface area contributed by atoms with E-state index in [0.717, 1.165) is 22.2 Å². The van der Waals surface area contributed by atoms with Gasteiger partial charge in [0, 0.05) is 21.8 Å². The van der Waals surface area contributed by atoms with Crippen molar-refractivity contribution in [3.05, 3.63) is 19.8 Å². The summed E-state index contributed by atoms with van der Waals surface area (Å²) in [7, 11) is 0. The Morgan fingerprint density at radius 3 is 2.81 bits per heavy atom. The molecule has 0 aromatic carbocycles. The molecule has 3 nitrogen and oxygen atoms in total. The molecule has 0 saturated carbocycles. The maximum atomic E-state index is 10.3. The quantitative estimate of drug-likeness (QED) is 0.781. The molecule has 0 aliphatic heterocycles. The predicted molar refractivity (Wildman–Crippen MR) is 70.1 cm³/mol.